The Labute approximate surface area is 96.9 Å². The van der Waals surface area contributed by atoms with Crippen molar-refractivity contribution in [2.75, 3.05) is 0 Å². The van der Waals surface area contributed by atoms with Gasteiger partial charge in [0, 0.05) is 5.57 Å². The second kappa shape index (κ2) is 5.50. The average molecular weight is 218 g/mol. The standard InChI is InChI=1S/C14H18O2/c1-10(2)9-12(4)14(15)16-13-8-6-5-7-11(13)3/h5-8,10H,4,9H2,1-3H3. The van der Waals surface area contributed by atoms with Crippen molar-refractivity contribution in [1.82, 2.24) is 0 Å². The SMILES string of the molecule is C=C(CC(C)C)C(=O)Oc1ccccc1C. The molecule has 0 radical (unpaired) electrons. The molecule has 1 rings (SSSR count). The molecule has 0 N–H and O–H groups in total. The lowest BCUT2D eigenvalue weighted by molar-refractivity contribution is -0.130. The molecule has 0 saturated heterocycles. The van der Waals surface area contributed by atoms with Crippen LogP contribution in [0.25, 0.3) is 0 Å². The minimum atomic E-state index is -0.331. The van der Waals surface area contributed by atoms with Gasteiger partial charge in [-0.3, -0.25) is 0 Å². The molecule has 0 saturated carbocycles. The molecule has 0 spiro atoms. The van der Waals surface area contributed by atoms with Gasteiger partial charge in [0.2, 0.25) is 0 Å². The molecule has 0 aliphatic carbocycles. The van der Waals surface area contributed by atoms with E-state index in [-0.39, 0.29) is 5.97 Å². The van der Waals surface area contributed by atoms with Gasteiger partial charge in [-0.2, -0.15) is 0 Å². The van der Waals surface area contributed by atoms with E-state index in [0.717, 1.165) is 5.56 Å². The molecule has 0 aromatic heterocycles. The second-order valence-electron chi connectivity index (χ2n) is 4.36. The Balaban J connectivity index is 2.65. The van der Waals surface area contributed by atoms with E-state index in [4.69, 9.17) is 4.74 Å². The minimum Gasteiger partial charge on any atom is -0.423 e. The van der Waals surface area contributed by atoms with Gasteiger partial charge in [0.1, 0.15) is 5.75 Å². The Morgan fingerprint density at radius 3 is 2.56 bits per heavy atom. The van der Waals surface area contributed by atoms with Gasteiger partial charge in [-0.25, -0.2) is 4.79 Å². The van der Waals surface area contributed by atoms with Crippen molar-refractivity contribution in [3.05, 3.63) is 42.0 Å². The molecule has 0 fully saturated rings. The normalized spacial score (nSPS) is 10.2. The quantitative estimate of drug-likeness (QED) is 0.439. The van der Waals surface area contributed by atoms with Gasteiger partial charge in [0.15, 0.2) is 0 Å². The molecule has 86 valence electrons. The molecule has 0 unspecified atom stereocenters. The smallest absolute Gasteiger partial charge is 0.338 e. The summed E-state index contributed by atoms with van der Waals surface area (Å²) in [6, 6.07) is 7.46. The third-order valence-corrected chi connectivity index (χ3v) is 2.24. The summed E-state index contributed by atoms with van der Waals surface area (Å²) in [6.45, 7) is 9.75. The number of para-hydroxylation sites is 1. The van der Waals surface area contributed by atoms with E-state index in [1.807, 2.05) is 39.0 Å². The van der Waals surface area contributed by atoms with Gasteiger partial charge in [-0.1, -0.05) is 38.6 Å². The molecule has 0 aliphatic heterocycles. The number of ether oxygens (including phenoxy) is 1. The third kappa shape index (κ3) is 3.54. The zero-order valence-electron chi connectivity index (χ0n) is 10.1. The van der Waals surface area contributed by atoms with Crippen molar-refractivity contribution in [2.45, 2.75) is 27.2 Å². The van der Waals surface area contributed by atoms with Crippen LogP contribution in [0, 0.1) is 12.8 Å². The number of hydrogen-bond donors (Lipinski definition) is 0. The maximum atomic E-state index is 11.7. The Morgan fingerprint density at radius 1 is 1.38 bits per heavy atom. The Bertz CT molecular complexity index is 391. The first-order chi connectivity index (χ1) is 7.50. The van der Waals surface area contributed by atoms with Crippen LogP contribution in [-0.2, 0) is 4.79 Å². The third-order valence-electron chi connectivity index (χ3n) is 2.24. The molecular weight excluding hydrogens is 200 g/mol. The number of carbonyl (C=O) groups is 1. The molecule has 0 atom stereocenters. The van der Waals surface area contributed by atoms with Gasteiger partial charge in [-0.05, 0) is 30.9 Å². The van der Waals surface area contributed by atoms with Crippen molar-refractivity contribution in [2.24, 2.45) is 5.92 Å². The lowest BCUT2D eigenvalue weighted by Gasteiger charge is -2.10. The van der Waals surface area contributed by atoms with Gasteiger partial charge in [0.25, 0.3) is 0 Å². The first kappa shape index (κ1) is 12.5. The summed E-state index contributed by atoms with van der Waals surface area (Å²) in [5.74, 6) is 0.692. The lowest BCUT2D eigenvalue weighted by Crippen LogP contribution is -2.12. The Morgan fingerprint density at radius 2 is 2.00 bits per heavy atom. The topological polar surface area (TPSA) is 26.3 Å². The van der Waals surface area contributed by atoms with Crippen LogP contribution in [0.5, 0.6) is 5.75 Å². The zero-order chi connectivity index (χ0) is 12.1. The highest BCUT2D eigenvalue weighted by Crippen LogP contribution is 2.18. The fourth-order valence-electron chi connectivity index (χ4n) is 1.42. The van der Waals surface area contributed by atoms with Crippen molar-refractivity contribution >= 4 is 5.97 Å². The van der Waals surface area contributed by atoms with Crippen LogP contribution in [-0.4, -0.2) is 5.97 Å². The highest BCUT2D eigenvalue weighted by molar-refractivity contribution is 5.89. The van der Waals surface area contributed by atoms with Crippen LogP contribution in [0.3, 0.4) is 0 Å². The lowest BCUT2D eigenvalue weighted by atomic mass is 10.0. The van der Waals surface area contributed by atoms with Crippen molar-refractivity contribution < 1.29 is 9.53 Å². The predicted octanol–water partition coefficient (Wildman–Crippen LogP) is 3.50. The number of aryl methyl sites for hydroxylation is 1. The minimum absolute atomic E-state index is 0.331. The average Bonchev–Trinajstić information content (AvgIpc) is 2.20. The maximum absolute atomic E-state index is 11.7. The number of esters is 1. The van der Waals surface area contributed by atoms with E-state index < -0.39 is 0 Å². The van der Waals surface area contributed by atoms with Crippen molar-refractivity contribution in [3.8, 4) is 5.75 Å². The molecule has 1 aromatic carbocycles. The summed E-state index contributed by atoms with van der Waals surface area (Å²) >= 11 is 0. The number of carbonyl (C=O) groups excluding carboxylic acids is 1. The highest BCUT2D eigenvalue weighted by atomic mass is 16.5. The summed E-state index contributed by atoms with van der Waals surface area (Å²) in [5.41, 5.74) is 1.48. The van der Waals surface area contributed by atoms with Gasteiger partial charge < -0.3 is 4.74 Å². The van der Waals surface area contributed by atoms with E-state index in [2.05, 4.69) is 6.58 Å². The summed E-state index contributed by atoms with van der Waals surface area (Å²) in [7, 11) is 0. The fourth-order valence-corrected chi connectivity index (χ4v) is 1.42. The summed E-state index contributed by atoms with van der Waals surface area (Å²) < 4.78 is 5.27. The molecule has 2 nitrogen and oxygen atoms in total. The van der Waals surface area contributed by atoms with E-state index in [1.165, 1.54) is 0 Å². The first-order valence-electron chi connectivity index (χ1n) is 5.46. The fraction of sp³-hybridized carbons (Fsp3) is 0.357. The van der Waals surface area contributed by atoms with Crippen LogP contribution < -0.4 is 4.74 Å². The molecule has 0 heterocycles. The number of benzene rings is 1. The molecule has 0 bridgehead atoms. The number of rotatable bonds is 4. The van der Waals surface area contributed by atoms with E-state index in [0.29, 0.717) is 23.7 Å². The predicted molar refractivity (Wildman–Crippen MR) is 65.4 cm³/mol. The van der Waals surface area contributed by atoms with E-state index >= 15 is 0 Å². The monoisotopic (exact) mass is 218 g/mol. The first-order valence-corrected chi connectivity index (χ1v) is 5.46. The van der Waals surface area contributed by atoms with Crippen molar-refractivity contribution in [3.63, 3.8) is 0 Å². The second-order valence-corrected chi connectivity index (χ2v) is 4.36. The summed E-state index contributed by atoms with van der Waals surface area (Å²) in [6.07, 6.45) is 0.671. The summed E-state index contributed by atoms with van der Waals surface area (Å²) in [4.78, 5) is 11.7. The van der Waals surface area contributed by atoms with Crippen LogP contribution in [0.15, 0.2) is 36.4 Å². The molecule has 1 aromatic rings. The van der Waals surface area contributed by atoms with Gasteiger partial charge >= 0.3 is 5.97 Å². The summed E-state index contributed by atoms with van der Waals surface area (Å²) in [5, 5.41) is 0. The molecule has 0 amide bonds. The van der Waals surface area contributed by atoms with E-state index in [9.17, 15) is 4.79 Å². The van der Waals surface area contributed by atoms with Crippen LogP contribution in [0.4, 0.5) is 0 Å². The number of hydrogen-bond acceptors (Lipinski definition) is 2. The van der Waals surface area contributed by atoms with Crippen LogP contribution in [0.1, 0.15) is 25.8 Å². The molecule has 2 heteroatoms. The van der Waals surface area contributed by atoms with E-state index in [1.54, 1.807) is 6.07 Å². The molecular formula is C14H18O2. The van der Waals surface area contributed by atoms with Crippen LogP contribution in [0.2, 0.25) is 0 Å². The molecule has 16 heavy (non-hydrogen) atoms. The molecule has 0 aliphatic rings. The largest absolute Gasteiger partial charge is 0.423 e. The maximum Gasteiger partial charge on any atom is 0.338 e. The Kier molecular flexibility index (Phi) is 4.29. The van der Waals surface area contributed by atoms with Crippen molar-refractivity contribution in [1.29, 1.82) is 0 Å². The van der Waals surface area contributed by atoms with Gasteiger partial charge in [-0.15, -0.1) is 0 Å². The van der Waals surface area contributed by atoms with Gasteiger partial charge in [0.05, 0.1) is 0 Å². The Hall–Kier alpha value is -1.57. The highest BCUT2D eigenvalue weighted by Gasteiger charge is 2.12. The van der Waals surface area contributed by atoms with Crippen LogP contribution >= 0.6 is 0 Å². The zero-order valence-corrected chi connectivity index (χ0v) is 10.1.